The van der Waals surface area contributed by atoms with Gasteiger partial charge in [0.15, 0.2) is 0 Å². The van der Waals surface area contributed by atoms with Gasteiger partial charge in [0.2, 0.25) is 0 Å². The normalized spacial score (nSPS) is 22.2. The maximum atomic E-state index is 11.9. The van der Waals surface area contributed by atoms with Gasteiger partial charge in [-0.3, -0.25) is 4.79 Å². The first-order valence-corrected chi connectivity index (χ1v) is 8.01. The minimum absolute atomic E-state index is 0.0724. The van der Waals surface area contributed by atoms with Gasteiger partial charge in [0.05, 0.1) is 12.5 Å². The molecule has 0 amide bonds. The molecule has 1 aliphatic heterocycles. The van der Waals surface area contributed by atoms with E-state index in [2.05, 4.69) is 14.9 Å². The molecule has 1 saturated carbocycles. The van der Waals surface area contributed by atoms with Crippen LogP contribution in [-0.4, -0.2) is 35.6 Å². The number of carbonyl (C=O) groups excluding carboxylic acids is 1. The van der Waals surface area contributed by atoms with E-state index in [1.54, 1.807) is 6.07 Å². The van der Waals surface area contributed by atoms with Crippen LogP contribution >= 0.6 is 11.6 Å². The van der Waals surface area contributed by atoms with Crippen LogP contribution in [0.3, 0.4) is 0 Å². The maximum Gasteiger partial charge on any atom is 0.310 e. The third-order valence-electron chi connectivity index (χ3n) is 4.01. The molecule has 3 rings (SSSR count). The third-order valence-corrected chi connectivity index (χ3v) is 4.20. The van der Waals surface area contributed by atoms with Crippen LogP contribution in [0.2, 0.25) is 5.15 Å². The highest BCUT2D eigenvalue weighted by Crippen LogP contribution is 2.39. The predicted octanol–water partition coefficient (Wildman–Crippen LogP) is 2.79. The number of rotatable bonds is 4. The van der Waals surface area contributed by atoms with Crippen molar-refractivity contribution in [2.75, 3.05) is 24.6 Å². The van der Waals surface area contributed by atoms with Gasteiger partial charge >= 0.3 is 5.97 Å². The smallest absolute Gasteiger partial charge is 0.310 e. The Morgan fingerprint density at radius 3 is 2.95 bits per heavy atom. The molecule has 0 N–H and O–H groups in total. The number of esters is 1. The van der Waals surface area contributed by atoms with Gasteiger partial charge in [-0.15, -0.1) is 0 Å². The van der Waals surface area contributed by atoms with E-state index in [1.807, 2.05) is 6.92 Å². The average Bonchev–Trinajstić information content (AvgIpc) is 3.32. The van der Waals surface area contributed by atoms with Crippen molar-refractivity contribution in [2.24, 2.45) is 5.92 Å². The second-order valence-electron chi connectivity index (χ2n) is 5.72. The van der Waals surface area contributed by atoms with Gasteiger partial charge in [-0.2, -0.15) is 0 Å². The van der Waals surface area contributed by atoms with Crippen LogP contribution in [0, 0.1) is 5.92 Å². The number of aromatic nitrogens is 2. The maximum absolute atomic E-state index is 11.9. The fraction of sp³-hybridized carbons (Fsp3) is 0.667. The van der Waals surface area contributed by atoms with E-state index in [4.69, 9.17) is 16.3 Å². The first-order valence-electron chi connectivity index (χ1n) is 7.63. The Morgan fingerprint density at radius 1 is 1.43 bits per heavy atom. The summed E-state index contributed by atoms with van der Waals surface area (Å²) in [5.41, 5.74) is 0. The van der Waals surface area contributed by atoms with Crippen LogP contribution in [0.4, 0.5) is 5.82 Å². The molecule has 1 aromatic heterocycles. The average molecular weight is 310 g/mol. The van der Waals surface area contributed by atoms with Crippen LogP contribution < -0.4 is 4.90 Å². The summed E-state index contributed by atoms with van der Waals surface area (Å²) < 4.78 is 5.14. The summed E-state index contributed by atoms with van der Waals surface area (Å²) in [6.07, 6.45) is 4.13. The molecule has 1 aliphatic carbocycles. The largest absolute Gasteiger partial charge is 0.466 e. The van der Waals surface area contributed by atoms with Crippen LogP contribution in [0.15, 0.2) is 6.07 Å². The topological polar surface area (TPSA) is 55.3 Å². The summed E-state index contributed by atoms with van der Waals surface area (Å²) in [6.45, 7) is 3.81. The van der Waals surface area contributed by atoms with Crippen LogP contribution in [0.5, 0.6) is 0 Å². The quantitative estimate of drug-likeness (QED) is 0.632. The summed E-state index contributed by atoms with van der Waals surface area (Å²) >= 11 is 6.12. The van der Waals surface area contributed by atoms with Crippen LogP contribution in [0.1, 0.15) is 44.3 Å². The molecule has 2 aliphatic rings. The Bertz CT molecular complexity index is 534. The molecule has 0 aromatic carbocycles. The van der Waals surface area contributed by atoms with Gasteiger partial charge in [0.25, 0.3) is 0 Å². The summed E-state index contributed by atoms with van der Waals surface area (Å²) in [7, 11) is 0. The monoisotopic (exact) mass is 309 g/mol. The number of hydrogen-bond acceptors (Lipinski definition) is 5. The van der Waals surface area contributed by atoms with Crippen molar-refractivity contribution in [3.05, 3.63) is 17.0 Å². The zero-order chi connectivity index (χ0) is 14.8. The second kappa shape index (κ2) is 6.18. The molecule has 2 heterocycles. The first-order chi connectivity index (χ1) is 10.2. The Morgan fingerprint density at radius 2 is 2.24 bits per heavy atom. The SMILES string of the molecule is CCOC(=O)[C@H]1CCCN(c2cc(Cl)nc(C3CC3)n2)C1. The highest BCUT2D eigenvalue weighted by Gasteiger charge is 2.30. The van der Waals surface area contributed by atoms with E-state index in [0.29, 0.717) is 24.2 Å². The zero-order valence-electron chi connectivity index (χ0n) is 12.2. The molecule has 2 fully saturated rings. The van der Waals surface area contributed by atoms with Crippen molar-refractivity contribution in [1.82, 2.24) is 9.97 Å². The van der Waals surface area contributed by atoms with Crippen LogP contribution in [-0.2, 0) is 9.53 Å². The minimum atomic E-state index is -0.107. The highest BCUT2D eigenvalue weighted by molar-refractivity contribution is 6.29. The molecule has 0 bridgehead atoms. The second-order valence-corrected chi connectivity index (χ2v) is 6.11. The predicted molar refractivity (Wildman–Crippen MR) is 80.6 cm³/mol. The molecule has 114 valence electrons. The van der Waals surface area contributed by atoms with Crippen molar-refractivity contribution in [3.63, 3.8) is 0 Å². The Kier molecular flexibility index (Phi) is 4.29. The molecule has 6 heteroatoms. The van der Waals surface area contributed by atoms with E-state index < -0.39 is 0 Å². The van der Waals surface area contributed by atoms with Crippen molar-refractivity contribution in [2.45, 2.75) is 38.5 Å². The first kappa shape index (κ1) is 14.6. The molecule has 1 saturated heterocycles. The van der Waals surface area contributed by atoms with E-state index in [9.17, 15) is 4.79 Å². The molecule has 5 nitrogen and oxygen atoms in total. The number of halogens is 1. The lowest BCUT2D eigenvalue weighted by Gasteiger charge is -2.32. The summed E-state index contributed by atoms with van der Waals surface area (Å²) in [5.74, 6) is 1.97. The van der Waals surface area contributed by atoms with Crippen molar-refractivity contribution in [3.8, 4) is 0 Å². The molecular formula is C15H20ClN3O2. The van der Waals surface area contributed by atoms with Gasteiger partial charge in [-0.1, -0.05) is 11.6 Å². The van der Waals surface area contributed by atoms with E-state index in [1.165, 1.54) is 0 Å². The lowest BCUT2D eigenvalue weighted by Crippen LogP contribution is -2.40. The summed E-state index contributed by atoms with van der Waals surface area (Å²) in [4.78, 5) is 23.0. The van der Waals surface area contributed by atoms with Crippen molar-refractivity contribution < 1.29 is 9.53 Å². The zero-order valence-corrected chi connectivity index (χ0v) is 13.0. The number of ether oxygens (including phenoxy) is 1. The van der Waals surface area contributed by atoms with E-state index >= 15 is 0 Å². The molecule has 0 spiro atoms. The molecule has 21 heavy (non-hydrogen) atoms. The fourth-order valence-electron chi connectivity index (χ4n) is 2.75. The molecule has 1 aromatic rings. The van der Waals surface area contributed by atoms with Crippen LogP contribution in [0.25, 0.3) is 0 Å². The molecule has 0 radical (unpaired) electrons. The standard InChI is InChI=1S/C15H20ClN3O2/c1-2-21-15(20)11-4-3-7-19(9-11)13-8-12(16)17-14(18-13)10-5-6-10/h8,10-11H,2-7,9H2,1H3/t11-/m0/s1. The number of nitrogens with zero attached hydrogens (tertiary/aromatic N) is 3. The summed E-state index contributed by atoms with van der Waals surface area (Å²) in [5, 5.41) is 0.486. The Labute approximate surface area is 129 Å². The molecule has 1 atom stereocenters. The third kappa shape index (κ3) is 3.46. The lowest BCUT2D eigenvalue weighted by molar-refractivity contribution is -0.148. The van der Waals surface area contributed by atoms with Gasteiger partial charge in [-0.25, -0.2) is 9.97 Å². The fourth-order valence-corrected chi connectivity index (χ4v) is 2.93. The Hall–Kier alpha value is -1.36. The summed E-state index contributed by atoms with van der Waals surface area (Å²) in [6, 6.07) is 1.79. The number of carbonyl (C=O) groups is 1. The van der Waals surface area contributed by atoms with E-state index in [0.717, 1.165) is 43.9 Å². The van der Waals surface area contributed by atoms with Gasteiger partial charge in [-0.05, 0) is 32.6 Å². The highest BCUT2D eigenvalue weighted by atomic mass is 35.5. The van der Waals surface area contributed by atoms with Crippen molar-refractivity contribution >= 4 is 23.4 Å². The molecular weight excluding hydrogens is 290 g/mol. The number of anilines is 1. The Balaban J connectivity index is 1.75. The van der Waals surface area contributed by atoms with Crippen molar-refractivity contribution in [1.29, 1.82) is 0 Å². The van der Waals surface area contributed by atoms with Gasteiger partial charge in [0, 0.05) is 25.1 Å². The molecule has 0 unspecified atom stereocenters. The van der Waals surface area contributed by atoms with Gasteiger partial charge in [0.1, 0.15) is 16.8 Å². The lowest BCUT2D eigenvalue weighted by atomic mass is 9.98. The van der Waals surface area contributed by atoms with E-state index in [-0.39, 0.29) is 11.9 Å². The number of hydrogen-bond donors (Lipinski definition) is 0. The minimum Gasteiger partial charge on any atom is -0.466 e. The van der Waals surface area contributed by atoms with Gasteiger partial charge < -0.3 is 9.64 Å². The number of piperidine rings is 1.